The van der Waals surface area contributed by atoms with Crippen LogP contribution < -0.4 is 4.74 Å². The Hall–Kier alpha value is -2.02. The van der Waals surface area contributed by atoms with Gasteiger partial charge in [-0.2, -0.15) is 8.78 Å². The Morgan fingerprint density at radius 3 is 2.58 bits per heavy atom. The standard InChI is InChI=1S/C11H6F3NO3.ClH/c12-7-2-5-1-6(10(16)17)4-15-8(5)3-9(7)18-11(13)14;/h1-4,11H,(H,16,17);1H. The maximum absolute atomic E-state index is 13.4. The summed E-state index contributed by atoms with van der Waals surface area (Å²) in [6.07, 6.45) is 1.05. The van der Waals surface area contributed by atoms with Gasteiger partial charge in [0.15, 0.2) is 11.6 Å². The summed E-state index contributed by atoms with van der Waals surface area (Å²) in [5, 5.41) is 8.92. The number of hydrogen-bond acceptors (Lipinski definition) is 3. The SMILES string of the molecule is Cl.O=C(O)c1cnc2cc(OC(F)F)c(F)cc2c1. The first-order valence-electron chi connectivity index (χ1n) is 4.75. The number of carboxylic acid groups (broad SMARTS) is 1. The van der Waals surface area contributed by atoms with Crippen molar-refractivity contribution in [2.75, 3.05) is 0 Å². The van der Waals surface area contributed by atoms with Gasteiger partial charge in [-0.05, 0) is 12.1 Å². The van der Waals surface area contributed by atoms with Gasteiger partial charge in [0.25, 0.3) is 0 Å². The molecule has 1 aromatic carbocycles. The number of alkyl halides is 2. The lowest BCUT2D eigenvalue weighted by Crippen LogP contribution is -2.04. The Balaban J connectivity index is 0.00000180. The minimum Gasteiger partial charge on any atom is -0.478 e. The highest BCUT2D eigenvalue weighted by Gasteiger charge is 2.13. The van der Waals surface area contributed by atoms with Crippen LogP contribution in [0.1, 0.15) is 10.4 Å². The van der Waals surface area contributed by atoms with Crippen LogP contribution in [0, 0.1) is 5.82 Å². The molecule has 1 N–H and O–H groups in total. The van der Waals surface area contributed by atoms with Crippen molar-refractivity contribution in [3.8, 4) is 5.75 Å². The molecular weight excluding hydrogens is 287 g/mol. The number of aromatic nitrogens is 1. The predicted octanol–water partition coefficient (Wildman–Crippen LogP) is 3.10. The zero-order chi connectivity index (χ0) is 13.3. The van der Waals surface area contributed by atoms with E-state index in [9.17, 15) is 18.0 Å². The molecule has 0 aliphatic rings. The largest absolute Gasteiger partial charge is 0.478 e. The predicted molar refractivity (Wildman–Crippen MR) is 62.5 cm³/mol. The Bertz CT molecular complexity index is 621. The van der Waals surface area contributed by atoms with Gasteiger partial charge in [0.1, 0.15) is 0 Å². The number of rotatable bonds is 3. The van der Waals surface area contributed by atoms with Gasteiger partial charge < -0.3 is 9.84 Å². The number of carboxylic acids is 1. The van der Waals surface area contributed by atoms with Gasteiger partial charge in [0.2, 0.25) is 0 Å². The minimum atomic E-state index is -3.14. The summed E-state index contributed by atoms with van der Waals surface area (Å²) >= 11 is 0. The van der Waals surface area contributed by atoms with Gasteiger partial charge >= 0.3 is 12.6 Å². The highest BCUT2D eigenvalue weighted by molar-refractivity contribution is 5.92. The van der Waals surface area contributed by atoms with Crippen LogP contribution in [-0.4, -0.2) is 22.7 Å². The third-order valence-electron chi connectivity index (χ3n) is 2.20. The zero-order valence-electron chi connectivity index (χ0n) is 9.14. The van der Waals surface area contributed by atoms with Crippen molar-refractivity contribution in [2.24, 2.45) is 0 Å². The Morgan fingerprint density at radius 1 is 1.32 bits per heavy atom. The number of pyridine rings is 1. The van der Waals surface area contributed by atoms with Gasteiger partial charge in [-0.3, -0.25) is 4.98 Å². The van der Waals surface area contributed by atoms with Crippen LogP contribution in [0.3, 0.4) is 0 Å². The van der Waals surface area contributed by atoms with E-state index in [1.54, 1.807) is 0 Å². The summed E-state index contributed by atoms with van der Waals surface area (Å²) in [6.45, 7) is -3.14. The third-order valence-corrected chi connectivity index (χ3v) is 2.20. The molecule has 1 heterocycles. The van der Waals surface area contributed by atoms with Crippen molar-refractivity contribution in [1.82, 2.24) is 4.98 Å². The molecule has 0 radical (unpaired) electrons. The molecule has 2 aromatic rings. The number of aromatic carboxylic acids is 1. The Labute approximate surface area is 111 Å². The zero-order valence-corrected chi connectivity index (χ0v) is 9.96. The molecule has 0 atom stereocenters. The molecule has 0 unspecified atom stereocenters. The van der Waals surface area contributed by atoms with Crippen LogP contribution in [0.25, 0.3) is 10.9 Å². The molecule has 19 heavy (non-hydrogen) atoms. The second-order valence-electron chi connectivity index (χ2n) is 3.38. The maximum Gasteiger partial charge on any atom is 0.387 e. The number of fused-ring (bicyclic) bond motifs is 1. The van der Waals surface area contributed by atoms with Crippen molar-refractivity contribution in [3.63, 3.8) is 0 Å². The highest BCUT2D eigenvalue weighted by Crippen LogP contribution is 2.25. The molecule has 0 saturated heterocycles. The van der Waals surface area contributed by atoms with Crippen LogP contribution in [0.2, 0.25) is 0 Å². The summed E-state index contributed by atoms with van der Waals surface area (Å²) < 4.78 is 41.3. The summed E-state index contributed by atoms with van der Waals surface area (Å²) in [5.74, 6) is -2.85. The van der Waals surface area contributed by atoms with Crippen LogP contribution in [0.15, 0.2) is 24.4 Å². The fourth-order valence-electron chi connectivity index (χ4n) is 1.43. The second-order valence-corrected chi connectivity index (χ2v) is 3.38. The van der Waals surface area contributed by atoms with E-state index in [1.807, 2.05) is 0 Å². The lowest BCUT2D eigenvalue weighted by Gasteiger charge is -2.07. The molecule has 102 valence electrons. The van der Waals surface area contributed by atoms with Crippen molar-refractivity contribution < 1.29 is 27.8 Å². The smallest absolute Gasteiger partial charge is 0.387 e. The van der Waals surface area contributed by atoms with E-state index in [-0.39, 0.29) is 28.9 Å². The average molecular weight is 294 g/mol. The number of nitrogens with zero attached hydrogens (tertiary/aromatic N) is 1. The molecule has 0 saturated carbocycles. The van der Waals surface area contributed by atoms with E-state index in [1.165, 1.54) is 6.07 Å². The van der Waals surface area contributed by atoms with E-state index >= 15 is 0 Å². The quantitative estimate of drug-likeness (QED) is 0.944. The number of carbonyl (C=O) groups is 1. The summed E-state index contributed by atoms with van der Waals surface area (Å²) in [6, 6.07) is 3.08. The van der Waals surface area contributed by atoms with E-state index in [0.717, 1.165) is 18.3 Å². The fraction of sp³-hybridized carbons (Fsp3) is 0.0909. The lowest BCUT2D eigenvalue weighted by molar-refractivity contribution is -0.0520. The highest BCUT2D eigenvalue weighted by atomic mass is 35.5. The second kappa shape index (κ2) is 5.75. The number of benzene rings is 1. The van der Waals surface area contributed by atoms with Crippen molar-refractivity contribution in [3.05, 3.63) is 35.8 Å². The molecule has 4 nitrogen and oxygen atoms in total. The number of hydrogen-bond donors (Lipinski definition) is 1. The molecule has 2 rings (SSSR count). The topological polar surface area (TPSA) is 59.4 Å². The average Bonchev–Trinajstić information content (AvgIpc) is 2.28. The molecule has 0 amide bonds. The molecule has 0 aliphatic carbocycles. The van der Waals surface area contributed by atoms with E-state index in [0.29, 0.717) is 0 Å². The first-order valence-corrected chi connectivity index (χ1v) is 4.75. The maximum atomic E-state index is 13.4. The van der Waals surface area contributed by atoms with E-state index < -0.39 is 24.1 Å². The van der Waals surface area contributed by atoms with Crippen LogP contribution in [0.4, 0.5) is 13.2 Å². The number of halogens is 4. The molecule has 0 fully saturated rings. The molecule has 1 aromatic heterocycles. The third kappa shape index (κ3) is 3.25. The van der Waals surface area contributed by atoms with Gasteiger partial charge in [-0.25, -0.2) is 9.18 Å². The Morgan fingerprint density at radius 2 is 2.00 bits per heavy atom. The molecule has 0 aliphatic heterocycles. The van der Waals surface area contributed by atoms with Gasteiger partial charge in [0.05, 0.1) is 11.1 Å². The van der Waals surface area contributed by atoms with Crippen LogP contribution in [-0.2, 0) is 0 Å². The Kier molecular flexibility index (Phi) is 4.55. The monoisotopic (exact) mass is 293 g/mol. The van der Waals surface area contributed by atoms with Crippen LogP contribution >= 0.6 is 12.4 Å². The molecule has 0 bridgehead atoms. The number of ether oxygens (including phenoxy) is 1. The van der Waals surface area contributed by atoms with Crippen molar-refractivity contribution >= 4 is 29.3 Å². The van der Waals surface area contributed by atoms with Crippen molar-refractivity contribution in [1.29, 1.82) is 0 Å². The van der Waals surface area contributed by atoms with E-state index in [2.05, 4.69) is 9.72 Å². The van der Waals surface area contributed by atoms with Gasteiger partial charge in [-0.1, -0.05) is 0 Å². The summed E-state index contributed by atoms with van der Waals surface area (Å²) in [7, 11) is 0. The fourth-order valence-corrected chi connectivity index (χ4v) is 1.43. The van der Waals surface area contributed by atoms with Gasteiger partial charge in [0, 0.05) is 17.6 Å². The van der Waals surface area contributed by atoms with Crippen molar-refractivity contribution in [2.45, 2.75) is 6.61 Å². The van der Waals surface area contributed by atoms with Gasteiger partial charge in [-0.15, -0.1) is 12.4 Å². The summed E-state index contributed by atoms with van der Waals surface area (Å²) in [5.41, 5.74) is 0.0430. The normalized spacial score (nSPS) is 10.3. The molecular formula is C11H7ClF3NO3. The minimum absolute atomic E-state index is 0. The van der Waals surface area contributed by atoms with Crippen LogP contribution in [0.5, 0.6) is 5.75 Å². The molecule has 8 heteroatoms. The van der Waals surface area contributed by atoms with E-state index in [4.69, 9.17) is 5.11 Å². The molecule has 0 spiro atoms. The summed E-state index contributed by atoms with van der Waals surface area (Å²) in [4.78, 5) is 14.4. The first-order chi connectivity index (χ1) is 8.47. The first kappa shape index (κ1) is 15.0. The lowest BCUT2D eigenvalue weighted by atomic mass is 10.1.